The van der Waals surface area contributed by atoms with Crippen molar-refractivity contribution in [2.24, 2.45) is 0 Å². The molecule has 0 spiro atoms. The molecule has 1 aliphatic heterocycles. The van der Waals surface area contributed by atoms with Gasteiger partial charge in [-0.15, -0.1) is 11.3 Å². The topological polar surface area (TPSA) is 69.6 Å². The van der Waals surface area contributed by atoms with Gasteiger partial charge in [0.25, 0.3) is 5.91 Å². The maximum atomic E-state index is 11.9. The minimum Gasteiger partial charge on any atom is -0.384 e. The van der Waals surface area contributed by atoms with E-state index in [0.717, 1.165) is 30.8 Å². The molecule has 0 unspecified atom stereocenters. The van der Waals surface area contributed by atoms with E-state index in [-0.39, 0.29) is 25.0 Å². The highest BCUT2D eigenvalue weighted by atomic mass is 32.1. The van der Waals surface area contributed by atoms with Crippen LogP contribution in [0.25, 0.3) is 0 Å². The Kier molecular flexibility index (Phi) is 5.16. The molecule has 0 aliphatic carbocycles. The van der Waals surface area contributed by atoms with E-state index in [4.69, 9.17) is 5.11 Å². The van der Waals surface area contributed by atoms with Gasteiger partial charge in [-0.2, -0.15) is 0 Å². The maximum Gasteiger partial charge on any atom is 0.252 e. The zero-order valence-electron chi connectivity index (χ0n) is 11.0. The highest BCUT2D eigenvalue weighted by Crippen LogP contribution is 2.13. The number of hydrogen-bond acceptors (Lipinski definition) is 4. The summed E-state index contributed by atoms with van der Waals surface area (Å²) in [6, 6.07) is 1.66. The van der Waals surface area contributed by atoms with Gasteiger partial charge in [-0.3, -0.25) is 9.59 Å². The highest BCUT2D eigenvalue weighted by Gasteiger charge is 2.18. The van der Waals surface area contributed by atoms with Crippen LogP contribution in [0.15, 0.2) is 11.4 Å². The van der Waals surface area contributed by atoms with Crippen molar-refractivity contribution in [3.05, 3.63) is 21.9 Å². The van der Waals surface area contributed by atoms with E-state index >= 15 is 0 Å². The number of carbonyl (C=O) groups is 2. The molecule has 106 valence electrons. The van der Waals surface area contributed by atoms with Crippen molar-refractivity contribution in [1.82, 2.24) is 10.2 Å². The average Bonchev–Trinajstić information content (AvgIpc) is 3.12. The van der Waals surface area contributed by atoms with Gasteiger partial charge < -0.3 is 15.3 Å². The molecule has 1 saturated heterocycles. The van der Waals surface area contributed by atoms with Crippen molar-refractivity contribution < 1.29 is 14.7 Å². The first-order valence-corrected chi connectivity index (χ1v) is 7.33. The molecule has 5 nitrogen and oxygen atoms in total. The Morgan fingerprint density at radius 1 is 1.40 bits per heavy atom. The Bertz CT molecular complexity index is 550. The predicted octanol–water partition coefficient (Wildman–Crippen LogP) is 0.444. The van der Waals surface area contributed by atoms with Crippen molar-refractivity contribution in [2.75, 3.05) is 26.2 Å². The van der Waals surface area contributed by atoms with Gasteiger partial charge in [-0.1, -0.05) is 11.8 Å². The summed E-state index contributed by atoms with van der Waals surface area (Å²) >= 11 is 1.34. The maximum absolute atomic E-state index is 11.9. The molecule has 0 bridgehead atoms. The molecule has 1 fully saturated rings. The van der Waals surface area contributed by atoms with Gasteiger partial charge in [0.05, 0.1) is 17.0 Å². The molecule has 1 aliphatic rings. The molecular formula is C14H16N2O3S. The number of carbonyl (C=O) groups excluding carboxylic acids is 2. The molecule has 2 rings (SSSR count). The largest absolute Gasteiger partial charge is 0.384 e. The quantitative estimate of drug-likeness (QED) is 0.795. The van der Waals surface area contributed by atoms with Crippen molar-refractivity contribution in [3.8, 4) is 11.8 Å². The van der Waals surface area contributed by atoms with Gasteiger partial charge in [-0.25, -0.2) is 0 Å². The number of likely N-dealkylation sites (tertiary alicyclic amines) is 1. The zero-order valence-corrected chi connectivity index (χ0v) is 11.8. The Balaban J connectivity index is 1.85. The van der Waals surface area contributed by atoms with Gasteiger partial charge in [0.1, 0.15) is 6.61 Å². The number of aliphatic hydroxyl groups excluding tert-OH is 1. The number of hydrogen-bond donors (Lipinski definition) is 2. The minimum absolute atomic E-state index is 0.0341. The molecule has 20 heavy (non-hydrogen) atoms. The first-order chi connectivity index (χ1) is 9.70. The van der Waals surface area contributed by atoms with Crippen LogP contribution >= 0.6 is 11.3 Å². The Labute approximate surface area is 121 Å². The van der Waals surface area contributed by atoms with Gasteiger partial charge in [0, 0.05) is 18.5 Å². The second-order valence-electron chi connectivity index (χ2n) is 4.43. The van der Waals surface area contributed by atoms with Crippen LogP contribution in [0.4, 0.5) is 0 Å². The van der Waals surface area contributed by atoms with E-state index in [0.29, 0.717) is 5.56 Å². The van der Waals surface area contributed by atoms with Gasteiger partial charge >= 0.3 is 0 Å². The smallest absolute Gasteiger partial charge is 0.252 e. The van der Waals surface area contributed by atoms with E-state index in [9.17, 15) is 9.59 Å². The van der Waals surface area contributed by atoms with E-state index in [2.05, 4.69) is 17.2 Å². The van der Waals surface area contributed by atoms with Crippen LogP contribution in [0.1, 0.15) is 28.1 Å². The number of thiophene rings is 1. The summed E-state index contributed by atoms with van der Waals surface area (Å²) in [4.78, 5) is 26.2. The molecule has 2 N–H and O–H groups in total. The summed E-state index contributed by atoms with van der Waals surface area (Å²) < 4.78 is 0. The summed E-state index contributed by atoms with van der Waals surface area (Å²) in [6.45, 7) is 1.40. The van der Waals surface area contributed by atoms with Gasteiger partial charge in [-0.05, 0) is 18.9 Å². The number of amides is 2. The average molecular weight is 292 g/mol. The molecular weight excluding hydrogens is 276 g/mol. The Hall–Kier alpha value is -1.84. The number of rotatable bonds is 3. The second-order valence-corrected chi connectivity index (χ2v) is 5.34. The fourth-order valence-corrected chi connectivity index (χ4v) is 2.74. The normalized spacial score (nSPS) is 13.8. The standard InChI is InChI=1S/C14H16N2O3S/c17-7-3-4-12-8-11(10-20-12)14(19)15-9-13(18)16-5-1-2-6-16/h8,10,17H,1-2,5-7,9H2,(H,15,19). The van der Waals surface area contributed by atoms with E-state index in [1.165, 1.54) is 11.3 Å². The van der Waals surface area contributed by atoms with Crippen LogP contribution in [0.2, 0.25) is 0 Å². The molecule has 6 heteroatoms. The summed E-state index contributed by atoms with van der Waals surface area (Å²) in [7, 11) is 0. The number of aliphatic hydroxyl groups is 1. The van der Waals surface area contributed by atoms with Gasteiger partial charge in [0.2, 0.25) is 5.91 Å². The number of nitrogens with zero attached hydrogens (tertiary/aromatic N) is 1. The summed E-state index contributed by atoms with van der Waals surface area (Å²) in [5, 5.41) is 12.9. The molecule has 0 atom stereocenters. The second kappa shape index (κ2) is 7.08. The minimum atomic E-state index is -0.272. The third kappa shape index (κ3) is 3.83. The SMILES string of the molecule is O=C(NCC(=O)N1CCCC1)c1csc(C#CCO)c1. The first-order valence-electron chi connectivity index (χ1n) is 6.45. The van der Waals surface area contributed by atoms with E-state index < -0.39 is 0 Å². The van der Waals surface area contributed by atoms with E-state index in [1.54, 1.807) is 16.3 Å². The summed E-state index contributed by atoms with van der Waals surface area (Å²) in [6.07, 6.45) is 2.08. The van der Waals surface area contributed by atoms with Crippen molar-refractivity contribution >= 4 is 23.2 Å². The molecule has 1 aromatic rings. The third-order valence-corrected chi connectivity index (χ3v) is 3.86. The fourth-order valence-electron chi connectivity index (χ4n) is 1.98. The van der Waals surface area contributed by atoms with Crippen LogP contribution in [0, 0.1) is 11.8 Å². The van der Waals surface area contributed by atoms with Crippen LogP contribution in [0.5, 0.6) is 0 Å². The molecule has 2 amide bonds. The van der Waals surface area contributed by atoms with Crippen molar-refractivity contribution in [1.29, 1.82) is 0 Å². The first kappa shape index (κ1) is 14.6. The lowest BCUT2D eigenvalue weighted by Crippen LogP contribution is -2.38. The molecule has 0 aromatic carbocycles. The van der Waals surface area contributed by atoms with E-state index in [1.807, 2.05) is 0 Å². The third-order valence-electron chi connectivity index (χ3n) is 3.01. The van der Waals surface area contributed by atoms with Crippen LogP contribution < -0.4 is 5.32 Å². The predicted molar refractivity (Wildman–Crippen MR) is 76.4 cm³/mol. The fraction of sp³-hybridized carbons (Fsp3) is 0.429. The zero-order chi connectivity index (χ0) is 14.4. The Morgan fingerprint density at radius 3 is 2.85 bits per heavy atom. The molecule has 2 heterocycles. The summed E-state index contributed by atoms with van der Waals surface area (Å²) in [5.41, 5.74) is 0.492. The van der Waals surface area contributed by atoms with Crippen molar-refractivity contribution in [3.63, 3.8) is 0 Å². The van der Waals surface area contributed by atoms with Crippen molar-refractivity contribution in [2.45, 2.75) is 12.8 Å². The monoisotopic (exact) mass is 292 g/mol. The highest BCUT2D eigenvalue weighted by molar-refractivity contribution is 7.10. The lowest BCUT2D eigenvalue weighted by Gasteiger charge is -2.15. The Morgan fingerprint density at radius 2 is 2.15 bits per heavy atom. The lowest BCUT2D eigenvalue weighted by atomic mass is 10.3. The molecule has 0 radical (unpaired) electrons. The van der Waals surface area contributed by atoms with Gasteiger partial charge in [0.15, 0.2) is 0 Å². The van der Waals surface area contributed by atoms with Crippen LogP contribution in [-0.4, -0.2) is 48.1 Å². The van der Waals surface area contributed by atoms with Crippen LogP contribution in [0.3, 0.4) is 0 Å². The molecule has 1 aromatic heterocycles. The summed E-state index contributed by atoms with van der Waals surface area (Å²) in [5.74, 6) is 4.96. The number of nitrogens with one attached hydrogen (secondary N) is 1. The molecule has 0 saturated carbocycles. The van der Waals surface area contributed by atoms with Crippen LogP contribution in [-0.2, 0) is 4.79 Å². The lowest BCUT2D eigenvalue weighted by molar-refractivity contribution is -0.129.